The van der Waals surface area contributed by atoms with Crippen LogP contribution in [0.15, 0.2) is 0 Å². The van der Waals surface area contributed by atoms with Crippen LogP contribution in [0.1, 0.15) is 71.6 Å². The van der Waals surface area contributed by atoms with Gasteiger partial charge in [-0.25, -0.2) is 0 Å². The number of hydrogen-bond donors (Lipinski definition) is 1. The molecule has 3 atom stereocenters. The summed E-state index contributed by atoms with van der Waals surface area (Å²) in [7, 11) is 0. The van der Waals surface area contributed by atoms with Crippen LogP contribution in [0.5, 0.6) is 0 Å². The van der Waals surface area contributed by atoms with Crippen molar-refractivity contribution in [1.29, 1.82) is 0 Å². The fourth-order valence-electron chi connectivity index (χ4n) is 4.35. The molecule has 3 unspecified atom stereocenters. The van der Waals surface area contributed by atoms with E-state index in [4.69, 9.17) is 17.4 Å². The van der Waals surface area contributed by atoms with Gasteiger partial charge in [0.2, 0.25) is 0 Å². The molecule has 0 N–H and O–H groups in total. The second-order valence-electron chi connectivity index (χ2n) is 7.71. The van der Waals surface area contributed by atoms with E-state index in [0.717, 1.165) is 36.9 Å². The van der Waals surface area contributed by atoms with Crippen molar-refractivity contribution in [2.45, 2.75) is 76.9 Å². The molecule has 20 heavy (non-hydrogen) atoms. The predicted octanol–water partition coefficient (Wildman–Crippen LogP) is 5.34. The third-order valence-corrected chi connectivity index (χ3v) is 5.67. The zero-order valence-corrected chi connectivity index (χ0v) is 14.4. The fourth-order valence-corrected chi connectivity index (χ4v) is 4.94. The van der Waals surface area contributed by atoms with Crippen LogP contribution < -0.4 is 0 Å². The largest absolute Gasteiger partial charge is 0.381 e. The van der Waals surface area contributed by atoms with Gasteiger partial charge in [0, 0.05) is 18.5 Å². The molecule has 0 aromatic rings. The molecule has 1 aliphatic heterocycles. The van der Waals surface area contributed by atoms with Crippen molar-refractivity contribution in [3.8, 4) is 0 Å². The van der Waals surface area contributed by atoms with Crippen LogP contribution in [-0.2, 0) is 4.74 Å². The van der Waals surface area contributed by atoms with E-state index in [1.807, 2.05) is 0 Å². The summed E-state index contributed by atoms with van der Waals surface area (Å²) in [5, 5.41) is 0.626. The summed E-state index contributed by atoms with van der Waals surface area (Å²) in [4.78, 5) is 0. The van der Waals surface area contributed by atoms with E-state index in [9.17, 15) is 0 Å². The highest BCUT2D eigenvalue weighted by molar-refractivity contribution is 7.80. The van der Waals surface area contributed by atoms with Crippen LogP contribution in [0.25, 0.3) is 0 Å². The van der Waals surface area contributed by atoms with Crippen molar-refractivity contribution < 1.29 is 4.74 Å². The molecule has 2 heteroatoms. The van der Waals surface area contributed by atoms with Gasteiger partial charge in [-0.15, -0.1) is 0 Å². The maximum atomic E-state index is 5.46. The number of ether oxygens (including phenoxy) is 1. The van der Waals surface area contributed by atoms with Crippen molar-refractivity contribution >= 4 is 12.6 Å². The fraction of sp³-hybridized carbons (Fsp3) is 1.00. The molecule has 0 radical (unpaired) electrons. The Labute approximate surface area is 131 Å². The zero-order chi connectivity index (χ0) is 14.4. The molecule has 0 spiro atoms. The highest BCUT2D eigenvalue weighted by atomic mass is 32.1. The Morgan fingerprint density at radius 3 is 2.15 bits per heavy atom. The molecule has 2 rings (SSSR count). The van der Waals surface area contributed by atoms with Crippen molar-refractivity contribution in [2.24, 2.45) is 23.7 Å². The van der Waals surface area contributed by atoms with Gasteiger partial charge in [-0.2, -0.15) is 12.6 Å². The smallest absolute Gasteiger partial charge is 0.0468 e. The molecule has 0 bridgehead atoms. The summed E-state index contributed by atoms with van der Waals surface area (Å²) in [5.74, 6) is 3.70. The van der Waals surface area contributed by atoms with Gasteiger partial charge in [-0.3, -0.25) is 0 Å². The second kappa shape index (κ2) is 8.68. The lowest BCUT2D eigenvalue weighted by atomic mass is 9.75. The molecule has 118 valence electrons. The maximum Gasteiger partial charge on any atom is 0.0468 e. The van der Waals surface area contributed by atoms with Gasteiger partial charge in [0.25, 0.3) is 0 Å². The summed E-state index contributed by atoms with van der Waals surface area (Å²) in [6, 6.07) is 0. The highest BCUT2D eigenvalue weighted by Gasteiger charge is 2.25. The molecular weight excluding hydrogens is 264 g/mol. The van der Waals surface area contributed by atoms with Crippen LogP contribution in [0, 0.1) is 23.7 Å². The molecule has 2 fully saturated rings. The SMILES string of the molecule is CC(C)CC1CCCC(CC(S)CC2CCOCC2)C1. The molecular formula is C18H34OS. The Morgan fingerprint density at radius 1 is 0.900 bits per heavy atom. The summed E-state index contributed by atoms with van der Waals surface area (Å²) in [6.07, 6.45) is 12.5. The molecule has 1 nitrogen and oxygen atoms in total. The van der Waals surface area contributed by atoms with Crippen LogP contribution >= 0.6 is 12.6 Å². The summed E-state index contributed by atoms with van der Waals surface area (Å²) < 4.78 is 5.46. The van der Waals surface area contributed by atoms with Gasteiger partial charge in [0.15, 0.2) is 0 Å². The van der Waals surface area contributed by atoms with Crippen LogP contribution in [-0.4, -0.2) is 18.5 Å². The van der Waals surface area contributed by atoms with E-state index in [-0.39, 0.29) is 0 Å². The third kappa shape index (κ3) is 5.97. The molecule has 0 aromatic heterocycles. The van der Waals surface area contributed by atoms with Crippen molar-refractivity contribution in [3.63, 3.8) is 0 Å². The Kier molecular flexibility index (Phi) is 7.24. The van der Waals surface area contributed by atoms with Gasteiger partial charge < -0.3 is 4.74 Å². The third-order valence-electron chi connectivity index (χ3n) is 5.25. The average molecular weight is 299 g/mol. The Morgan fingerprint density at radius 2 is 1.50 bits per heavy atom. The first-order valence-corrected chi connectivity index (χ1v) is 9.41. The molecule has 0 aromatic carbocycles. The summed E-state index contributed by atoms with van der Waals surface area (Å²) in [5.41, 5.74) is 0. The highest BCUT2D eigenvalue weighted by Crippen LogP contribution is 2.37. The van der Waals surface area contributed by atoms with E-state index in [1.165, 1.54) is 57.8 Å². The van der Waals surface area contributed by atoms with E-state index >= 15 is 0 Å². The van der Waals surface area contributed by atoms with Gasteiger partial charge in [0.05, 0.1) is 0 Å². The average Bonchev–Trinajstić information content (AvgIpc) is 2.39. The first kappa shape index (κ1) is 16.7. The minimum absolute atomic E-state index is 0.626. The lowest BCUT2D eigenvalue weighted by molar-refractivity contribution is 0.0630. The normalized spacial score (nSPS) is 30.6. The van der Waals surface area contributed by atoms with Crippen molar-refractivity contribution in [3.05, 3.63) is 0 Å². The Bertz CT molecular complexity index is 260. The second-order valence-corrected chi connectivity index (χ2v) is 8.44. The first-order chi connectivity index (χ1) is 9.63. The van der Waals surface area contributed by atoms with Gasteiger partial charge in [-0.1, -0.05) is 33.1 Å². The number of rotatable bonds is 6. The van der Waals surface area contributed by atoms with Gasteiger partial charge in [0.1, 0.15) is 0 Å². The number of thiol groups is 1. The number of hydrogen-bond acceptors (Lipinski definition) is 2. The molecule has 1 heterocycles. The Hall–Kier alpha value is 0.310. The molecule has 1 saturated carbocycles. The van der Waals surface area contributed by atoms with Crippen molar-refractivity contribution in [2.75, 3.05) is 13.2 Å². The van der Waals surface area contributed by atoms with Crippen LogP contribution in [0.2, 0.25) is 0 Å². The van der Waals surface area contributed by atoms with E-state index in [0.29, 0.717) is 5.25 Å². The minimum Gasteiger partial charge on any atom is -0.381 e. The minimum atomic E-state index is 0.626. The predicted molar refractivity (Wildman–Crippen MR) is 90.5 cm³/mol. The monoisotopic (exact) mass is 298 g/mol. The van der Waals surface area contributed by atoms with Gasteiger partial charge in [-0.05, 0) is 62.2 Å². The van der Waals surface area contributed by atoms with E-state index < -0.39 is 0 Å². The Balaban J connectivity index is 1.68. The van der Waals surface area contributed by atoms with Crippen LogP contribution in [0.4, 0.5) is 0 Å². The lowest BCUT2D eigenvalue weighted by Gasteiger charge is -2.32. The molecule has 1 aliphatic carbocycles. The maximum absolute atomic E-state index is 5.46. The molecule has 1 saturated heterocycles. The van der Waals surface area contributed by atoms with E-state index in [1.54, 1.807) is 0 Å². The quantitative estimate of drug-likeness (QED) is 0.651. The van der Waals surface area contributed by atoms with Gasteiger partial charge >= 0.3 is 0 Å². The standard InChI is InChI=1S/C18H34OS/c1-14(2)10-16-4-3-5-17(11-16)13-18(20)12-15-6-8-19-9-7-15/h14-18,20H,3-13H2,1-2H3. The molecule has 0 amide bonds. The van der Waals surface area contributed by atoms with E-state index in [2.05, 4.69) is 13.8 Å². The first-order valence-electron chi connectivity index (χ1n) is 8.89. The lowest BCUT2D eigenvalue weighted by Crippen LogP contribution is -2.23. The topological polar surface area (TPSA) is 9.23 Å². The summed E-state index contributed by atoms with van der Waals surface area (Å²) >= 11 is 4.91. The summed E-state index contributed by atoms with van der Waals surface area (Å²) in [6.45, 7) is 6.70. The van der Waals surface area contributed by atoms with Crippen molar-refractivity contribution in [1.82, 2.24) is 0 Å². The van der Waals surface area contributed by atoms with Crippen LogP contribution in [0.3, 0.4) is 0 Å². The molecule has 2 aliphatic rings. The zero-order valence-electron chi connectivity index (χ0n) is 13.5.